The SMILES string of the molecule is CCCCc1ccc(NC(O)C2=CCN(C)[C@@H]([C@H](O[C@@H]3O[C@H](CN)C(O)C3O)[C@H]3O[C@@H](n4ccc(=O)[nH]c4=O)C(O)C3O)C(=O)N2C)cc1. The van der Waals surface area contributed by atoms with Gasteiger partial charge in [0.2, 0.25) is 5.91 Å². The fraction of sp³-hybridized carbons (Fsp3) is 0.594. The number of hydrogen-bond donors (Lipinski definition) is 8. The molecule has 270 valence electrons. The Labute approximate surface area is 282 Å². The normalized spacial score (nSPS) is 32.2. The maximum atomic E-state index is 14.3. The van der Waals surface area contributed by atoms with Crippen LogP contribution in [0.1, 0.15) is 31.6 Å². The molecule has 0 spiro atoms. The van der Waals surface area contributed by atoms with Crippen LogP contribution in [0.3, 0.4) is 0 Å². The van der Waals surface area contributed by atoms with Crippen LogP contribution in [-0.4, -0.2) is 139 Å². The smallest absolute Gasteiger partial charge is 0.330 e. The van der Waals surface area contributed by atoms with E-state index in [1.807, 2.05) is 24.3 Å². The van der Waals surface area contributed by atoms with Crippen molar-refractivity contribution in [2.75, 3.05) is 32.5 Å². The molecule has 5 unspecified atom stereocenters. The number of unbranched alkanes of at least 4 members (excludes halogenated alkanes) is 1. The van der Waals surface area contributed by atoms with Gasteiger partial charge in [-0.15, -0.1) is 0 Å². The van der Waals surface area contributed by atoms with Gasteiger partial charge in [0, 0.05) is 38.1 Å². The van der Waals surface area contributed by atoms with Crippen LogP contribution in [0.4, 0.5) is 5.69 Å². The number of hydrogen-bond acceptors (Lipinski definition) is 14. The summed E-state index contributed by atoms with van der Waals surface area (Å²) in [5.41, 5.74) is 6.09. The summed E-state index contributed by atoms with van der Waals surface area (Å²) < 4.78 is 18.7. The molecule has 5 rings (SSSR count). The molecule has 3 aliphatic rings. The maximum absolute atomic E-state index is 14.3. The Morgan fingerprint density at radius 1 is 1.02 bits per heavy atom. The van der Waals surface area contributed by atoms with Gasteiger partial charge in [-0.3, -0.25) is 24.0 Å². The Bertz CT molecular complexity index is 1580. The van der Waals surface area contributed by atoms with E-state index < -0.39 is 84.7 Å². The zero-order chi connectivity index (χ0) is 35.6. The van der Waals surface area contributed by atoms with Gasteiger partial charge < -0.3 is 55.7 Å². The number of nitrogens with two attached hydrogens (primary N) is 1. The summed E-state index contributed by atoms with van der Waals surface area (Å²) in [6.45, 7) is 2.04. The molecule has 4 heterocycles. The first-order chi connectivity index (χ1) is 23.4. The van der Waals surface area contributed by atoms with Gasteiger partial charge in [0.05, 0.1) is 5.70 Å². The number of amides is 1. The van der Waals surface area contributed by atoms with Crippen LogP contribution in [0.15, 0.2) is 57.9 Å². The Balaban J connectivity index is 1.43. The molecule has 2 fully saturated rings. The first-order valence-corrected chi connectivity index (χ1v) is 16.3. The number of likely N-dealkylation sites (N-methyl/N-ethyl adjacent to an activating group) is 2. The van der Waals surface area contributed by atoms with Crippen molar-refractivity contribution in [2.45, 2.75) is 93.7 Å². The average molecular weight is 691 g/mol. The topological polar surface area (TPSA) is 245 Å². The van der Waals surface area contributed by atoms with Gasteiger partial charge >= 0.3 is 5.69 Å². The molecule has 3 aliphatic heterocycles. The number of anilines is 1. The number of aryl methyl sites for hydroxylation is 1. The van der Waals surface area contributed by atoms with Gasteiger partial charge in [0.1, 0.15) is 48.8 Å². The Morgan fingerprint density at radius 2 is 1.73 bits per heavy atom. The minimum atomic E-state index is -1.75. The largest absolute Gasteiger partial charge is 0.387 e. The first-order valence-electron chi connectivity index (χ1n) is 16.3. The van der Waals surface area contributed by atoms with E-state index in [2.05, 4.69) is 17.2 Å². The lowest BCUT2D eigenvalue weighted by Gasteiger charge is -2.38. The van der Waals surface area contributed by atoms with Crippen molar-refractivity contribution in [3.63, 3.8) is 0 Å². The van der Waals surface area contributed by atoms with E-state index in [-0.39, 0.29) is 18.8 Å². The Morgan fingerprint density at radius 3 is 2.37 bits per heavy atom. The molecule has 17 nitrogen and oxygen atoms in total. The van der Waals surface area contributed by atoms with Crippen molar-refractivity contribution in [3.8, 4) is 0 Å². The summed E-state index contributed by atoms with van der Waals surface area (Å²) in [6.07, 6.45) is -9.11. The van der Waals surface area contributed by atoms with E-state index in [0.717, 1.165) is 41.7 Å². The number of benzene rings is 1. The molecule has 49 heavy (non-hydrogen) atoms. The Hall–Kier alpha value is -3.49. The van der Waals surface area contributed by atoms with Crippen LogP contribution < -0.4 is 22.3 Å². The zero-order valence-electron chi connectivity index (χ0n) is 27.5. The third kappa shape index (κ3) is 7.65. The molecule has 2 saturated heterocycles. The second kappa shape index (κ2) is 15.6. The average Bonchev–Trinajstić information content (AvgIpc) is 3.48. The number of nitrogens with zero attached hydrogens (tertiary/aromatic N) is 3. The van der Waals surface area contributed by atoms with Crippen molar-refractivity contribution in [3.05, 3.63) is 74.7 Å². The van der Waals surface area contributed by atoms with Gasteiger partial charge in [0.15, 0.2) is 18.7 Å². The lowest BCUT2D eigenvalue weighted by molar-refractivity contribution is -0.232. The third-order valence-electron chi connectivity index (χ3n) is 9.27. The molecule has 0 aliphatic carbocycles. The van der Waals surface area contributed by atoms with Crippen LogP contribution in [-0.2, 0) is 25.4 Å². The number of rotatable bonds is 12. The molecule has 11 atom stereocenters. The second-order valence-corrected chi connectivity index (χ2v) is 12.6. The van der Waals surface area contributed by atoms with Gasteiger partial charge in [-0.2, -0.15) is 0 Å². The van der Waals surface area contributed by atoms with Crippen LogP contribution >= 0.6 is 0 Å². The van der Waals surface area contributed by atoms with Gasteiger partial charge in [-0.1, -0.05) is 25.5 Å². The van der Waals surface area contributed by atoms with Crippen LogP contribution in [0, 0.1) is 0 Å². The van der Waals surface area contributed by atoms with Crippen molar-refractivity contribution in [1.29, 1.82) is 0 Å². The molecule has 0 radical (unpaired) electrons. The summed E-state index contributed by atoms with van der Waals surface area (Å²) in [7, 11) is 3.04. The molecule has 1 aromatic carbocycles. The van der Waals surface area contributed by atoms with Crippen LogP contribution in [0.25, 0.3) is 0 Å². The van der Waals surface area contributed by atoms with E-state index >= 15 is 0 Å². The van der Waals surface area contributed by atoms with Crippen LogP contribution in [0.5, 0.6) is 0 Å². The number of nitrogens with one attached hydrogen (secondary N) is 2. The van der Waals surface area contributed by atoms with Crippen molar-refractivity contribution in [2.24, 2.45) is 5.73 Å². The highest BCUT2D eigenvalue weighted by Gasteiger charge is 2.55. The lowest BCUT2D eigenvalue weighted by atomic mass is 9.97. The van der Waals surface area contributed by atoms with Gasteiger partial charge in [0.25, 0.3) is 5.56 Å². The molecule has 1 amide bonds. The quantitative estimate of drug-likeness (QED) is 0.106. The minimum Gasteiger partial charge on any atom is -0.387 e. The van der Waals surface area contributed by atoms with E-state index in [1.165, 1.54) is 11.9 Å². The second-order valence-electron chi connectivity index (χ2n) is 12.6. The monoisotopic (exact) mass is 690 g/mol. The predicted octanol–water partition coefficient (Wildman–Crippen LogP) is -2.62. The van der Waals surface area contributed by atoms with Crippen molar-refractivity contribution >= 4 is 11.6 Å². The summed E-state index contributed by atoms with van der Waals surface area (Å²) in [4.78, 5) is 43.4. The first kappa shape index (κ1) is 36.8. The zero-order valence-corrected chi connectivity index (χ0v) is 27.5. The van der Waals surface area contributed by atoms with Crippen molar-refractivity contribution < 1.29 is 44.5 Å². The number of aromatic nitrogens is 2. The van der Waals surface area contributed by atoms with E-state index in [4.69, 9.17) is 19.9 Å². The highest BCUT2D eigenvalue weighted by atomic mass is 16.7. The minimum absolute atomic E-state index is 0.0843. The number of ether oxygens (including phenoxy) is 3. The fourth-order valence-electron chi connectivity index (χ4n) is 6.39. The molecular weight excluding hydrogens is 644 g/mol. The number of aliphatic hydroxyl groups is 5. The summed E-state index contributed by atoms with van der Waals surface area (Å²) in [5.74, 6) is -0.620. The molecule has 17 heteroatoms. The molecule has 9 N–H and O–H groups in total. The number of aromatic amines is 1. The maximum Gasteiger partial charge on any atom is 0.330 e. The summed E-state index contributed by atoms with van der Waals surface area (Å²) in [5, 5.41) is 57.8. The molecule has 2 aromatic rings. The van der Waals surface area contributed by atoms with E-state index in [0.29, 0.717) is 5.69 Å². The number of carbonyl (C=O) groups is 1. The van der Waals surface area contributed by atoms with Crippen molar-refractivity contribution in [1.82, 2.24) is 19.4 Å². The van der Waals surface area contributed by atoms with E-state index in [9.17, 15) is 39.9 Å². The Kier molecular flexibility index (Phi) is 11.7. The highest BCUT2D eigenvalue weighted by Crippen LogP contribution is 2.36. The highest BCUT2D eigenvalue weighted by molar-refractivity contribution is 5.84. The predicted molar refractivity (Wildman–Crippen MR) is 174 cm³/mol. The molecule has 1 aromatic heterocycles. The van der Waals surface area contributed by atoms with E-state index in [1.54, 1.807) is 18.0 Å². The third-order valence-corrected chi connectivity index (χ3v) is 9.27. The van der Waals surface area contributed by atoms with Gasteiger partial charge in [-0.25, -0.2) is 4.79 Å². The molecular formula is C32H46N6O11. The number of carbonyl (C=O) groups excluding carboxylic acids is 1. The molecule has 0 bridgehead atoms. The lowest BCUT2D eigenvalue weighted by Crippen LogP contribution is -2.59. The molecule has 0 saturated carbocycles. The summed E-state index contributed by atoms with van der Waals surface area (Å²) >= 11 is 0. The number of aliphatic hydroxyl groups excluding tert-OH is 5. The fourth-order valence-corrected chi connectivity index (χ4v) is 6.39. The number of H-pyrrole nitrogens is 1. The standard InChI is InChI=1S/C32H46N6O11/c1-4-5-6-16-7-9-17(10-8-16)34-28(44)18-11-13-36(2)21(29(45)37(18)3)26(49-31-25(43)22(40)19(15-33)47-31)27-23(41)24(42)30(48-27)38-14-12-20(39)35-32(38)46/h7-12,14,19,21-28,30-31,34,40-44H,4-6,13,15,33H2,1-3H3,(H,35,39,46)/t19-,21+,22?,23?,24?,25?,26+,27+,28?,30-,31+/m1/s1. The summed E-state index contributed by atoms with van der Waals surface area (Å²) in [6, 6.07) is 7.36. The van der Waals surface area contributed by atoms with Gasteiger partial charge in [-0.05, 0) is 43.7 Å². The van der Waals surface area contributed by atoms with Crippen LogP contribution in [0.2, 0.25) is 0 Å².